The van der Waals surface area contributed by atoms with Crippen LogP contribution in [0.15, 0.2) is 30.3 Å². The zero-order valence-electron chi connectivity index (χ0n) is 16.9. The van der Waals surface area contributed by atoms with Gasteiger partial charge >= 0.3 is 5.97 Å². The highest BCUT2D eigenvalue weighted by atomic mass is 127. The molecule has 2 aromatic carbocycles. The van der Waals surface area contributed by atoms with Gasteiger partial charge in [0.05, 0.1) is 44.2 Å². The van der Waals surface area contributed by atoms with Crippen LogP contribution in [0.5, 0.6) is 0 Å². The second kappa shape index (κ2) is 12.1. The Bertz CT molecular complexity index is 1060. The van der Waals surface area contributed by atoms with Crippen molar-refractivity contribution in [1.82, 2.24) is 10.4 Å². The predicted octanol–water partition coefficient (Wildman–Crippen LogP) is 3.02. The maximum atomic E-state index is 13.5. The number of anilines is 1. The van der Waals surface area contributed by atoms with Gasteiger partial charge in [-0.3, -0.25) is 19.8 Å². The molecule has 3 amide bonds. The number of hydrogen-bond donors (Lipinski definition) is 3. The number of rotatable bonds is 6. The van der Waals surface area contributed by atoms with E-state index in [0.717, 1.165) is 5.01 Å². The molecule has 9 nitrogen and oxygen atoms in total. The molecule has 0 saturated heterocycles. The van der Waals surface area contributed by atoms with Crippen molar-refractivity contribution >= 4 is 97.2 Å². The molecule has 170 valence electrons. The van der Waals surface area contributed by atoms with Crippen molar-refractivity contribution in [3.05, 3.63) is 57.7 Å². The summed E-state index contributed by atoms with van der Waals surface area (Å²) in [5.74, 6) is -2.28. The van der Waals surface area contributed by atoms with Gasteiger partial charge < -0.3 is 15.2 Å². The molecule has 0 bridgehead atoms. The van der Waals surface area contributed by atoms with Crippen LogP contribution in [-0.2, 0) is 9.53 Å². The van der Waals surface area contributed by atoms with Gasteiger partial charge in [-0.25, -0.2) is 9.80 Å². The molecule has 0 aliphatic carbocycles. The van der Waals surface area contributed by atoms with E-state index in [1.165, 1.54) is 14.0 Å². The number of hydrazine groups is 1. The number of nitrogens with one attached hydrogen (secondary N) is 2. The minimum atomic E-state index is -0.683. The number of aliphatic hydroxyl groups is 1. The zero-order chi connectivity index (χ0) is 24.0. The number of esters is 1. The second-order valence-electron chi connectivity index (χ2n) is 6.23. The van der Waals surface area contributed by atoms with E-state index in [-0.39, 0.29) is 29.3 Å². The molecule has 0 radical (unpaired) electrons. The fourth-order valence-electron chi connectivity index (χ4n) is 2.64. The molecule has 0 fully saturated rings. The summed E-state index contributed by atoms with van der Waals surface area (Å²) < 4.78 is 5.95. The lowest BCUT2D eigenvalue weighted by molar-refractivity contribution is -0.114. The summed E-state index contributed by atoms with van der Waals surface area (Å²) in [6, 6.07) is 8.28. The van der Waals surface area contributed by atoms with Gasteiger partial charge in [0, 0.05) is 16.1 Å². The molecule has 12 heteroatoms. The van der Waals surface area contributed by atoms with Crippen LogP contribution in [0.25, 0.3) is 0 Å². The number of benzene rings is 2. The number of halogens is 3. The van der Waals surface area contributed by atoms with Crippen LogP contribution < -0.4 is 10.7 Å². The Hall–Kier alpha value is -1.53. The quantitative estimate of drug-likeness (QED) is 0.236. The van der Waals surface area contributed by atoms with E-state index in [1.54, 1.807) is 30.3 Å². The van der Waals surface area contributed by atoms with Crippen molar-refractivity contribution in [1.29, 1.82) is 0 Å². The highest BCUT2D eigenvalue weighted by Crippen LogP contribution is 2.36. The monoisotopic (exact) mass is 777 g/mol. The lowest BCUT2D eigenvalue weighted by Gasteiger charge is -2.25. The summed E-state index contributed by atoms with van der Waals surface area (Å²) in [5.41, 5.74) is 3.29. The first kappa shape index (κ1) is 26.7. The molecule has 0 heterocycles. The van der Waals surface area contributed by atoms with Crippen LogP contribution in [0.1, 0.15) is 38.0 Å². The number of amides is 3. The first-order valence-electron chi connectivity index (χ1n) is 8.99. The Morgan fingerprint density at radius 2 is 1.59 bits per heavy atom. The topological polar surface area (TPSA) is 125 Å². The fraction of sp³-hybridized carbons (Fsp3) is 0.200. The van der Waals surface area contributed by atoms with Crippen LogP contribution in [0.2, 0.25) is 0 Å². The van der Waals surface area contributed by atoms with Gasteiger partial charge in [-0.2, -0.15) is 0 Å². The van der Waals surface area contributed by atoms with Crippen molar-refractivity contribution < 1.29 is 29.0 Å². The number of methoxy groups -OCH3 is 1. The molecular weight excluding hydrogens is 759 g/mol. The molecule has 0 unspecified atom stereocenters. The van der Waals surface area contributed by atoms with Gasteiger partial charge in [-0.1, -0.05) is 18.2 Å². The van der Waals surface area contributed by atoms with E-state index >= 15 is 0 Å². The van der Waals surface area contributed by atoms with Gasteiger partial charge in [0.15, 0.2) is 0 Å². The molecule has 0 aliphatic rings. The second-order valence-corrected chi connectivity index (χ2v) is 9.46. The lowest BCUT2D eigenvalue weighted by Crippen LogP contribution is -2.48. The van der Waals surface area contributed by atoms with Crippen molar-refractivity contribution in [2.75, 3.05) is 25.6 Å². The molecule has 3 N–H and O–H groups in total. The molecule has 0 spiro atoms. The third-order valence-corrected chi connectivity index (χ3v) is 7.30. The average Bonchev–Trinajstić information content (AvgIpc) is 2.76. The Morgan fingerprint density at radius 1 is 1.00 bits per heavy atom. The molecule has 32 heavy (non-hydrogen) atoms. The number of carbonyl (C=O) groups is 4. The Balaban J connectivity index is 2.61. The summed E-state index contributed by atoms with van der Waals surface area (Å²) >= 11 is 5.66. The maximum Gasteiger partial charge on any atom is 0.340 e. The van der Waals surface area contributed by atoms with Gasteiger partial charge in [-0.15, -0.1) is 0 Å². The van der Waals surface area contributed by atoms with Crippen molar-refractivity contribution in [2.24, 2.45) is 0 Å². The molecule has 0 aromatic heterocycles. The third kappa shape index (κ3) is 6.07. The van der Waals surface area contributed by atoms with Gasteiger partial charge in [0.2, 0.25) is 5.91 Å². The highest BCUT2D eigenvalue weighted by Gasteiger charge is 2.31. The van der Waals surface area contributed by atoms with E-state index in [2.05, 4.69) is 10.7 Å². The summed E-state index contributed by atoms with van der Waals surface area (Å²) in [6.07, 6.45) is 0. The van der Waals surface area contributed by atoms with Crippen LogP contribution in [0, 0.1) is 10.7 Å². The van der Waals surface area contributed by atoms with E-state index in [0.29, 0.717) is 16.3 Å². The summed E-state index contributed by atoms with van der Waals surface area (Å²) in [4.78, 5) is 50.3. The van der Waals surface area contributed by atoms with Gasteiger partial charge in [0.1, 0.15) is 0 Å². The number of hydrogen-bond acceptors (Lipinski definition) is 6. The van der Waals surface area contributed by atoms with Crippen LogP contribution in [0.3, 0.4) is 0 Å². The number of aliphatic hydroxyl groups excluding tert-OH is 1. The highest BCUT2D eigenvalue weighted by molar-refractivity contribution is 14.1. The molecular formula is C20H18I3N3O6. The van der Waals surface area contributed by atoms with E-state index in [9.17, 15) is 24.3 Å². The smallest absolute Gasteiger partial charge is 0.340 e. The minimum absolute atomic E-state index is 0.0811. The van der Waals surface area contributed by atoms with Crippen LogP contribution in [-0.4, -0.2) is 54.1 Å². The normalized spacial score (nSPS) is 10.3. The fourth-order valence-corrected chi connectivity index (χ4v) is 6.98. The van der Waals surface area contributed by atoms with Crippen molar-refractivity contribution in [2.45, 2.75) is 6.92 Å². The van der Waals surface area contributed by atoms with E-state index < -0.39 is 24.4 Å². The predicted molar refractivity (Wildman–Crippen MR) is 142 cm³/mol. The molecule has 2 aromatic rings. The molecule has 0 saturated carbocycles. The number of carbonyl (C=O) groups excluding carboxylic acids is 4. The van der Waals surface area contributed by atoms with Crippen LogP contribution >= 0.6 is 67.8 Å². The first-order valence-corrected chi connectivity index (χ1v) is 12.2. The van der Waals surface area contributed by atoms with E-state index in [1.807, 2.05) is 67.8 Å². The maximum absolute atomic E-state index is 13.5. The largest absolute Gasteiger partial charge is 0.465 e. The standard InChI is InChI=1S/C20H18I3N3O6/c1-10(28)24-17-15(22)12(14(21)13(16(17)23)20(31)32-2)19(30)26(8-9-27)25-18(29)11-6-4-3-5-7-11/h3-7,27H,8-9H2,1-2H3,(H,24,28)(H,25,29). The van der Waals surface area contributed by atoms with Gasteiger partial charge in [-0.05, 0) is 79.9 Å². The Morgan fingerprint density at radius 3 is 2.12 bits per heavy atom. The third-order valence-electron chi connectivity index (χ3n) is 4.06. The zero-order valence-corrected chi connectivity index (χ0v) is 23.3. The molecule has 0 aliphatic heterocycles. The average molecular weight is 777 g/mol. The lowest BCUT2D eigenvalue weighted by atomic mass is 10.1. The summed E-state index contributed by atoms with van der Waals surface area (Å²) in [7, 11) is 1.21. The molecule has 0 atom stereocenters. The number of ether oxygens (including phenoxy) is 1. The van der Waals surface area contributed by atoms with Crippen molar-refractivity contribution in [3.8, 4) is 0 Å². The Labute approximate surface area is 225 Å². The van der Waals surface area contributed by atoms with Crippen LogP contribution in [0.4, 0.5) is 5.69 Å². The Kier molecular flexibility index (Phi) is 10.1. The van der Waals surface area contributed by atoms with Crippen molar-refractivity contribution in [3.63, 3.8) is 0 Å². The SMILES string of the molecule is COC(=O)c1c(I)c(NC(C)=O)c(I)c(C(=O)N(CCO)NC(=O)c2ccccc2)c1I. The molecule has 2 rings (SSSR count). The minimum Gasteiger partial charge on any atom is -0.465 e. The van der Waals surface area contributed by atoms with Gasteiger partial charge in [0.25, 0.3) is 11.8 Å². The number of nitrogens with zero attached hydrogens (tertiary/aromatic N) is 1. The first-order chi connectivity index (χ1) is 15.1. The van der Waals surface area contributed by atoms with E-state index in [4.69, 9.17) is 4.74 Å². The summed E-state index contributed by atoms with van der Waals surface area (Å²) in [6.45, 7) is 0.695. The summed E-state index contributed by atoms with van der Waals surface area (Å²) in [5, 5.41) is 13.1.